The second kappa shape index (κ2) is 5.77. The predicted molar refractivity (Wildman–Crippen MR) is 84.2 cm³/mol. The van der Waals surface area contributed by atoms with Gasteiger partial charge in [-0.2, -0.15) is 0 Å². The molecule has 1 aliphatic carbocycles. The monoisotopic (exact) mass is 326 g/mol. The molecular weight excluding hydrogens is 315 g/mol. The molecule has 0 radical (unpaired) electrons. The van der Waals surface area contributed by atoms with Gasteiger partial charge in [0, 0.05) is 11.6 Å². The first-order chi connectivity index (χ1) is 11.4. The number of fused-ring (bicyclic) bond motifs is 1. The molecule has 0 bridgehead atoms. The second-order valence-corrected chi connectivity index (χ2v) is 5.34. The highest BCUT2D eigenvalue weighted by Gasteiger charge is 2.43. The molecule has 7 heteroatoms. The number of ketones is 2. The maximum Gasteiger partial charge on any atom is 0.280 e. The van der Waals surface area contributed by atoms with Gasteiger partial charge in [-0.05, 0) is 25.1 Å². The fourth-order valence-corrected chi connectivity index (χ4v) is 2.78. The van der Waals surface area contributed by atoms with Gasteiger partial charge in [-0.25, -0.2) is 4.39 Å². The van der Waals surface area contributed by atoms with Crippen molar-refractivity contribution in [3.05, 3.63) is 69.5 Å². The minimum atomic E-state index is -1.22. The van der Waals surface area contributed by atoms with Crippen LogP contribution in [0.1, 0.15) is 22.8 Å². The summed E-state index contributed by atoms with van der Waals surface area (Å²) >= 11 is 0. The smallest absolute Gasteiger partial charge is 0.280 e. The van der Waals surface area contributed by atoms with Crippen molar-refractivity contribution in [1.82, 2.24) is 0 Å². The molecule has 6 nitrogen and oxygen atoms in total. The third kappa shape index (κ3) is 2.50. The van der Waals surface area contributed by atoms with Gasteiger partial charge < -0.3 is 0 Å². The lowest BCUT2D eigenvalue weighted by Gasteiger charge is -2.06. The summed E-state index contributed by atoms with van der Waals surface area (Å²) in [5.41, 5.74) is 0.0740. The molecule has 2 aromatic rings. The van der Waals surface area contributed by atoms with Gasteiger partial charge in [-0.1, -0.05) is 18.2 Å². The highest BCUT2D eigenvalue weighted by molar-refractivity contribution is 6.38. The Hall–Kier alpha value is -3.22. The summed E-state index contributed by atoms with van der Waals surface area (Å²) in [7, 11) is 0. The number of nitro benzene ring substituents is 1. The molecule has 0 N–H and O–H groups in total. The van der Waals surface area contributed by atoms with E-state index in [4.69, 9.17) is 0 Å². The van der Waals surface area contributed by atoms with E-state index in [0.29, 0.717) is 0 Å². The summed E-state index contributed by atoms with van der Waals surface area (Å²) in [5, 5.41) is 11.2. The molecule has 0 aromatic heterocycles. The van der Waals surface area contributed by atoms with Crippen molar-refractivity contribution in [3.63, 3.8) is 0 Å². The van der Waals surface area contributed by atoms with Gasteiger partial charge in [0.05, 0.1) is 16.3 Å². The van der Waals surface area contributed by atoms with E-state index in [9.17, 15) is 24.1 Å². The zero-order valence-corrected chi connectivity index (χ0v) is 12.5. The van der Waals surface area contributed by atoms with Gasteiger partial charge in [0.25, 0.3) is 5.69 Å². The number of nitrogens with zero attached hydrogens (tertiary/aromatic N) is 2. The zero-order valence-electron chi connectivity index (χ0n) is 12.5. The lowest BCUT2D eigenvalue weighted by molar-refractivity contribution is -0.385. The van der Waals surface area contributed by atoms with E-state index in [1.54, 1.807) is 0 Å². The molecule has 0 fully saturated rings. The number of hydrogen-bond donors (Lipinski definition) is 0. The van der Waals surface area contributed by atoms with Gasteiger partial charge >= 0.3 is 0 Å². The topological polar surface area (TPSA) is 89.6 Å². The van der Waals surface area contributed by atoms with Crippen molar-refractivity contribution in [2.45, 2.75) is 6.92 Å². The summed E-state index contributed by atoms with van der Waals surface area (Å²) in [6.45, 7) is 1.22. The van der Waals surface area contributed by atoms with Gasteiger partial charge in [0.2, 0.25) is 0 Å². The van der Waals surface area contributed by atoms with E-state index < -0.39 is 28.2 Å². The van der Waals surface area contributed by atoms with Crippen LogP contribution in [-0.4, -0.2) is 22.2 Å². The van der Waals surface area contributed by atoms with Gasteiger partial charge in [-0.15, -0.1) is 0 Å². The minimum absolute atomic E-state index is 0.108. The Bertz CT molecular complexity index is 921. The molecule has 24 heavy (non-hydrogen) atoms. The first kappa shape index (κ1) is 15.7. The average molecular weight is 326 g/mol. The van der Waals surface area contributed by atoms with Crippen molar-refractivity contribution in [2.75, 3.05) is 0 Å². The maximum atomic E-state index is 13.3. The van der Waals surface area contributed by atoms with Crippen LogP contribution < -0.4 is 0 Å². The molecule has 2 aromatic carbocycles. The van der Waals surface area contributed by atoms with E-state index in [1.807, 2.05) is 0 Å². The number of Topliss-reactive ketones (excluding diaryl/α,β-unsaturated/α-hetero) is 2. The molecule has 0 heterocycles. The molecule has 0 aliphatic heterocycles. The van der Waals surface area contributed by atoms with Gasteiger partial charge in [0.15, 0.2) is 5.78 Å². The van der Waals surface area contributed by atoms with Crippen LogP contribution in [-0.2, 0) is 4.79 Å². The highest BCUT2D eigenvalue weighted by atomic mass is 19.1. The SMILES string of the molecule is CC(=O)[C@H]1C(=O)c2c(cccc2[N+](=O)[O-])C1=Nc1cccc(F)c1. The normalized spacial score (nSPS) is 17.8. The van der Waals surface area contributed by atoms with Crippen LogP contribution in [0.5, 0.6) is 0 Å². The quantitative estimate of drug-likeness (QED) is 0.492. The number of aliphatic imine (C=N–C) groups is 1. The third-order valence-corrected chi connectivity index (χ3v) is 3.76. The Labute approximate surface area is 135 Å². The highest BCUT2D eigenvalue weighted by Crippen LogP contribution is 2.35. The summed E-state index contributed by atoms with van der Waals surface area (Å²) in [6, 6.07) is 9.50. The molecule has 0 amide bonds. The van der Waals surface area contributed by atoms with Crippen LogP contribution in [0.25, 0.3) is 0 Å². The van der Waals surface area contributed by atoms with Crippen molar-refractivity contribution in [3.8, 4) is 0 Å². The number of benzene rings is 2. The van der Waals surface area contributed by atoms with Crippen molar-refractivity contribution in [1.29, 1.82) is 0 Å². The zero-order chi connectivity index (χ0) is 17.4. The Morgan fingerprint density at radius 2 is 1.96 bits per heavy atom. The third-order valence-electron chi connectivity index (χ3n) is 3.76. The number of carbonyl (C=O) groups excluding carboxylic acids is 2. The molecule has 3 rings (SSSR count). The van der Waals surface area contributed by atoms with E-state index in [2.05, 4.69) is 4.99 Å². The van der Waals surface area contributed by atoms with Gasteiger partial charge in [-0.3, -0.25) is 24.7 Å². The Balaban J connectivity index is 2.26. The maximum absolute atomic E-state index is 13.3. The van der Waals surface area contributed by atoms with Crippen LogP contribution >= 0.6 is 0 Å². The molecule has 120 valence electrons. The minimum Gasteiger partial charge on any atom is -0.299 e. The number of rotatable bonds is 3. The molecule has 1 aliphatic rings. The second-order valence-electron chi connectivity index (χ2n) is 5.34. The summed E-state index contributed by atoms with van der Waals surface area (Å²) in [6.07, 6.45) is 0. The lowest BCUT2D eigenvalue weighted by atomic mass is 9.99. The Kier molecular flexibility index (Phi) is 3.76. The van der Waals surface area contributed by atoms with E-state index >= 15 is 0 Å². The number of halogens is 1. The van der Waals surface area contributed by atoms with Crippen LogP contribution in [0, 0.1) is 21.8 Å². The number of nitro groups is 1. The average Bonchev–Trinajstić information content (AvgIpc) is 2.80. The molecule has 0 saturated heterocycles. The van der Waals surface area contributed by atoms with Crippen molar-refractivity contribution < 1.29 is 18.9 Å². The molecule has 0 unspecified atom stereocenters. The van der Waals surface area contributed by atoms with Crippen LogP contribution in [0.2, 0.25) is 0 Å². The predicted octanol–water partition coefficient (Wildman–Crippen LogP) is 3.26. The fraction of sp³-hybridized carbons (Fsp3) is 0.118. The molecule has 1 atom stereocenters. The Morgan fingerprint density at radius 3 is 2.58 bits per heavy atom. The van der Waals surface area contributed by atoms with E-state index in [1.165, 1.54) is 43.3 Å². The summed E-state index contributed by atoms with van der Waals surface area (Å²) in [5.74, 6) is -2.86. The fourth-order valence-electron chi connectivity index (χ4n) is 2.78. The van der Waals surface area contributed by atoms with Crippen LogP contribution in [0.4, 0.5) is 15.8 Å². The summed E-state index contributed by atoms with van der Waals surface area (Å²) < 4.78 is 13.3. The van der Waals surface area contributed by atoms with Crippen LogP contribution in [0.3, 0.4) is 0 Å². The van der Waals surface area contributed by atoms with E-state index in [-0.39, 0.29) is 28.2 Å². The number of hydrogen-bond acceptors (Lipinski definition) is 5. The summed E-state index contributed by atoms with van der Waals surface area (Å²) in [4.78, 5) is 39.2. The first-order valence-corrected chi connectivity index (χ1v) is 7.06. The molecule has 0 spiro atoms. The van der Waals surface area contributed by atoms with Gasteiger partial charge in [0.1, 0.15) is 23.1 Å². The number of carbonyl (C=O) groups is 2. The standard InChI is InChI=1S/C17H11FN2O4/c1-9(21)14-16(19-11-5-2-4-10(18)8-11)12-6-3-7-13(20(23)24)15(12)17(14)22/h2-8,14H,1H3/t14-/m1/s1. The lowest BCUT2D eigenvalue weighted by Crippen LogP contribution is -2.23. The molecule has 0 saturated carbocycles. The first-order valence-electron chi connectivity index (χ1n) is 7.06. The molecular formula is C17H11FN2O4. The Morgan fingerprint density at radius 1 is 1.25 bits per heavy atom. The van der Waals surface area contributed by atoms with Crippen molar-refractivity contribution >= 4 is 28.7 Å². The van der Waals surface area contributed by atoms with Crippen molar-refractivity contribution in [2.24, 2.45) is 10.9 Å². The largest absolute Gasteiger partial charge is 0.299 e. The van der Waals surface area contributed by atoms with Crippen LogP contribution in [0.15, 0.2) is 47.5 Å². The van der Waals surface area contributed by atoms with E-state index in [0.717, 1.165) is 6.07 Å².